The average molecular weight is 459 g/mol. The predicted octanol–water partition coefficient (Wildman–Crippen LogP) is 4.86. The largest absolute Gasteiger partial charge is 0.490 e. The number of carbonyl (C=O) groups excluding carboxylic acids is 1. The Morgan fingerprint density at radius 3 is 2.64 bits per heavy atom. The van der Waals surface area contributed by atoms with Gasteiger partial charge in [0.05, 0.1) is 11.8 Å². The van der Waals surface area contributed by atoms with E-state index in [1.54, 1.807) is 6.20 Å². The van der Waals surface area contributed by atoms with Gasteiger partial charge in [0.15, 0.2) is 0 Å². The van der Waals surface area contributed by atoms with E-state index < -0.39 is 11.9 Å². The molecule has 2 aliphatic carbocycles. The first-order valence-corrected chi connectivity index (χ1v) is 11.0. The molecule has 6 nitrogen and oxygen atoms in total. The van der Waals surface area contributed by atoms with Crippen LogP contribution in [-0.4, -0.2) is 33.7 Å². The van der Waals surface area contributed by atoms with E-state index in [1.807, 2.05) is 18.2 Å². The zero-order chi connectivity index (χ0) is 23.2. The summed E-state index contributed by atoms with van der Waals surface area (Å²) in [5, 5.41) is 13.0. The number of halogens is 3. The molecule has 2 aromatic heterocycles. The van der Waals surface area contributed by atoms with E-state index in [9.17, 15) is 18.0 Å². The Hall–Kier alpha value is -3.07. The lowest BCUT2D eigenvalue weighted by molar-refractivity contribution is -0.141. The van der Waals surface area contributed by atoms with E-state index in [1.165, 1.54) is 12.3 Å². The monoisotopic (exact) mass is 459 g/mol. The number of aromatic amines is 1. The minimum absolute atomic E-state index is 0.0304. The smallest absolute Gasteiger partial charge is 0.433 e. The number of amides is 1. The van der Waals surface area contributed by atoms with Gasteiger partial charge in [0.25, 0.3) is 0 Å². The maximum absolute atomic E-state index is 12.7. The molecule has 0 aliphatic heterocycles. The maximum atomic E-state index is 12.7. The third-order valence-electron chi connectivity index (χ3n) is 6.72. The number of aliphatic hydroxyl groups is 1. The number of rotatable bonds is 6. The van der Waals surface area contributed by atoms with Crippen LogP contribution in [0.2, 0.25) is 0 Å². The Balaban J connectivity index is 1.19. The van der Waals surface area contributed by atoms with E-state index >= 15 is 0 Å². The van der Waals surface area contributed by atoms with Crippen molar-refractivity contribution in [2.24, 2.45) is 11.8 Å². The molecule has 2 saturated carbocycles. The number of aromatic nitrogens is 2. The van der Waals surface area contributed by atoms with Crippen molar-refractivity contribution in [3.05, 3.63) is 54.0 Å². The molecule has 0 saturated heterocycles. The lowest BCUT2D eigenvalue weighted by atomic mass is 9.75. The van der Waals surface area contributed by atoms with Crippen LogP contribution in [-0.2, 0) is 11.0 Å². The van der Waals surface area contributed by atoms with Gasteiger partial charge in [-0.15, -0.1) is 0 Å². The number of hydrogen-bond donors (Lipinski definition) is 3. The van der Waals surface area contributed by atoms with Crippen molar-refractivity contribution in [2.75, 3.05) is 11.9 Å². The highest BCUT2D eigenvalue weighted by Gasteiger charge is 2.36. The normalized spacial score (nSPS) is 24.7. The minimum Gasteiger partial charge on any atom is -0.490 e. The van der Waals surface area contributed by atoms with Crippen LogP contribution >= 0.6 is 0 Å². The third kappa shape index (κ3) is 4.42. The summed E-state index contributed by atoms with van der Waals surface area (Å²) in [7, 11) is 0. The summed E-state index contributed by atoms with van der Waals surface area (Å²) in [6, 6.07) is 8.14. The molecule has 0 unspecified atom stereocenters. The van der Waals surface area contributed by atoms with Gasteiger partial charge in [0.1, 0.15) is 11.4 Å². The van der Waals surface area contributed by atoms with Gasteiger partial charge in [-0.2, -0.15) is 13.2 Å². The van der Waals surface area contributed by atoms with Gasteiger partial charge < -0.3 is 20.1 Å². The number of alkyl halides is 3. The second-order valence-electron chi connectivity index (χ2n) is 9.00. The number of nitrogens with one attached hydrogen (secondary N) is 2. The molecule has 3 aromatic rings. The second-order valence-corrected chi connectivity index (χ2v) is 9.00. The molecule has 33 heavy (non-hydrogen) atoms. The molecule has 5 rings (SSSR count). The van der Waals surface area contributed by atoms with Crippen LogP contribution in [0.4, 0.5) is 18.9 Å². The Labute approximate surface area is 188 Å². The zero-order valence-electron chi connectivity index (χ0n) is 17.7. The van der Waals surface area contributed by atoms with Crippen molar-refractivity contribution in [1.29, 1.82) is 0 Å². The highest BCUT2D eigenvalue weighted by molar-refractivity contribution is 6.03. The van der Waals surface area contributed by atoms with Gasteiger partial charge >= 0.3 is 6.18 Å². The first-order chi connectivity index (χ1) is 15.8. The van der Waals surface area contributed by atoms with Crippen molar-refractivity contribution >= 4 is 22.5 Å². The van der Waals surface area contributed by atoms with Gasteiger partial charge in [0.2, 0.25) is 5.91 Å². The number of pyridine rings is 1. The van der Waals surface area contributed by atoms with Crippen molar-refractivity contribution in [3.63, 3.8) is 0 Å². The number of fused-ring (bicyclic) bond motifs is 1. The Morgan fingerprint density at radius 1 is 1.18 bits per heavy atom. The molecule has 1 amide bonds. The average Bonchev–Trinajstić information content (AvgIpc) is 3.11. The molecule has 1 aromatic carbocycles. The van der Waals surface area contributed by atoms with Crippen LogP contribution < -0.4 is 10.1 Å². The number of hydrogen-bond acceptors (Lipinski definition) is 4. The van der Waals surface area contributed by atoms with E-state index in [4.69, 9.17) is 9.84 Å². The van der Waals surface area contributed by atoms with E-state index in [0.717, 1.165) is 22.5 Å². The molecule has 0 bridgehead atoms. The SMILES string of the molecule is O=C(Nc1c[nH]c2ccc(O[C@H]3C[C@@H](c4ccc(C(F)(F)F)nc4)C3)cc12)[C@H]1C[C@@H](CO)C1. The van der Waals surface area contributed by atoms with Gasteiger partial charge in [-0.3, -0.25) is 9.78 Å². The van der Waals surface area contributed by atoms with E-state index in [0.29, 0.717) is 37.1 Å². The molecule has 0 atom stereocenters. The topological polar surface area (TPSA) is 87.2 Å². The number of benzene rings is 1. The summed E-state index contributed by atoms with van der Waals surface area (Å²) >= 11 is 0. The molecule has 2 fully saturated rings. The van der Waals surface area contributed by atoms with Crippen LogP contribution in [0.15, 0.2) is 42.7 Å². The maximum Gasteiger partial charge on any atom is 0.433 e. The fourth-order valence-corrected chi connectivity index (χ4v) is 4.55. The fraction of sp³-hybridized carbons (Fsp3) is 0.417. The van der Waals surface area contributed by atoms with Crippen molar-refractivity contribution in [1.82, 2.24) is 9.97 Å². The molecule has 174 valence electrons. The highest BCUT2D eigenvalue weighted by atomic mass is 19.4. The predicted molar refractivity (Wildman–Crippen MR) is 116 cm³/mol. The molecule has 2 heterocycles. The summed E-state index contributed by atoms with van der Waals surface area (Å²) in [6.07, 6.45) is 1.41. The van der Waals surface area contributed by atoms with Crippen molar-refractivity contribution in [2.45, 2.75) is 43.9 Å². The first-order valence-electron chi connectivity index (χ1n) is 11.0. The lowest BCUT2D eigenvalue weighted by Gasteiger charge is -2.35. The van der Waals surface area contributed by atoms with E-state index in [2.05, 4.69) is 15.3 Å². The Kier molecular flexibility index (Phi) is 5.52. The van der Waals surface area contributed by atoms with Crippen molar-refractivity contribution in [3.8, 4) is 5.75 Å². The minimum atomic E-state index is -4.43. The van der Waals surface area contributed by atoms with Crippen LogP contribution in [0.3, 0.4) is 0 Å². The number of nitrogens with zero attached hydrogens (tertiary/aromatic N) is 1. The first kappa shape index (κ1) is 21.8. The molecular weight excluding hydrogens is 435 g/mol. The number of ether oxygens (including phenoxy) is 1. The number of anilines is 1. The van der Waals surface area contributed by atoms with Crippen LogP contribution in [0.1, 0.15) is 42.9 Å². The second kappa shape index (κ2) is 8.37. The molecule has 0 radical (unpaired) electrons. The summed E-state index contributed by atoms with van der Waals surface area (Å²) in [5.74, 6) is 0.904. The molecule has 0 spiro atoms. The summed E-state index contributed by atoms with van der Waals surface area (Å²) in [5.41, 5.74) is 1.47. The van der Waals surface area contributed by atoms with Crippen LogP contribution in [0.25, 0.3) is 10.9 Å². The summed E-state index contributed by atoms with van der Waals surface area (Å²) in [6.45, 7) is 0.120. The highest BCUT2D eigenvalue weighted by Crippen LogP contribution is 2.40. The summed E-state index contributed by atoms with van der Waals surface area (Å²) < 4.78 is 44.1. The molecule has 2 aliphatic rings. The molecule has 3 N–H and O–H groups in total. The standard InChI is InChI=1S/C24H24F3N3O3/c25-24(26,27)22-4-1-14(10-29-22)15-7-18(8-15)33-17-2-3-20-19(9-17)21(11-28-20)30-23(32)16-5-13(6-16)12-31/h1-4,9-11,13,15-16,18,28,31H,5-8,12H2,(H,30,32)/t13-,15-,16+,18+. The Morgan fingerprint density at radius 2 is 1.97 bits per heavy atom. The zero-order valence-corrected chi connectivity index (χ0v) is 17.7. The van der Waals surface area contributed by atoms with Crippen molar-refractivity contribution < 1.29 is 27.8 Å². The fourth-order valence-electron chi connectivity index (χ4n) is 4.55. The molecular formula is C24H24F3N3O3. The van der Waals surface area contributed by atoms with E-state index in [-0.39, 0.29) is 36.4 Å². The van der Waals surface area contributed by atoms with Gasteiger partial charge in [-0.25, -0.2) is 0 Å². The van der Waals surface area contributed by atoms with Crippen LogP contribution in [0, 0.1) is 11.8 Å². The molecule has 9 heteroatoms. The quantitative estimate of drug-likeness (QED) is 0.491. The lowest BCUT2D eigenvalue weighted by Crippen LogP contribution is -2.35. The number of carbonyl (C=O) groups is 1. The van der Waals surface area contributed by atoms with Gasteiger partial charge in [0, 0.05) is 35.8 Å². The van der Waals surface area contributed by atoms with Gasteiger partial charge in [-0.1, -0.05) is 6.07 Å². The summed E-state index contributed by atoms with van der Waals surface area (Å²) in [4.78, 5) is 19.1. The Bertz CT molecular complexity index is 1150. The third-order valence-corrected chi connectivity index (χ3v) is 6.72. The number of H-pyrrole nitrogens is 1. The van der Waals surface area contributed by atoms with Crippen LogP contribution in [0.5, 0.6) is 5.75 Å². The number of aliphatic hydroxyl groups excluding tert-OH is 1. The van der Waals surface area contributed by atoms with Gasteiger partial charge in [-0.05, 0) is 67.3 Å².